The van der Waals surface area contributed by atoms with E-state index < -0.39 is 0 Å². The zero-order chi connectivity index (χ0) is 14.8. The number of aromatic nitrogens is 2. The second-order valence-electron chi connectivity index (χ2n) is 5.95. The molecule has 2 unspecified atom stereocenters. The van der Waals surface area contributed by atoms with Gasteiger partial charge in [0.15, 0.2) is 0 Å². The van der Waals surface area contributed by atoms with Crippen molar-refractivity contribution in [2.24, 2.45) is 11.7 Å². The van der Waals surface area contributed by atoms with Gasteiger partial charge in [0.1, 0.15) is 5.69 Å². The molecule has 3 N–H and O–H groups in total. The van der Waals surface area contributed by atoms with E-state index in [0.29, 0.717) is 24.7 Å². The van der Waals surface area contributed by atoms with Gasteiger partial charge in [-0.15, -0.1) is 0 Å². The van der Waals surface area contributed by atoms with Crippen LogP contribution in [0, 0.1) is 12.8 Å². The predicted octanol–water partition coefficient (Wildman–Crippen LogP) is 1.85. The fraction of sp³-hybridized carbons (Fsp3) is 0.733. The summed E-state index contributed by atoms with van der Waals surface area (Å²) in [4.78, 5) is 12.6. The van der Waals surface area contributed by atoms with Gasteiger partial charge in [-0.2, -0.15) is 5.10 Å². The van der Waals surface area contributed by atoms with Gasteiger partial charge in [-0.25, -0.2) is 0 Å². The van der Waals surface area contributed by atoms with Crippen LogP contribution in [0.3, 0.4) is 0 Å². The van der Waals surface area contributed by atoms with Crippen LogP contribution in [0.2, 0.25) is 0 Å². The van der Waals surface area contributed by atoms with Gasteiger partial charge in [-0.3, -0.25) is 9.48 Å². The molecule has 5 nitrogen and oxygen atoms in total. The van der Waals surface area contributed by atoms with Gasteiger partial charge in [0.05, 0.1) is 11.2 Å². The van der Waals surface area contributed by atoms with E-state index >= 15 is 0 Å². The molecule has 0 radical (unpaired) electrons. The summed E-state index contributed by atoms with van der Waals surface area (Å²) in [6.07, 6.45) is 4.46. The second kappa shape index (κ2) is 5.95. The first-order valence-corrected chi connectivity index (χ1v) is 7.59. The summed E-state index contributed by atoms with van der Waals surface area (Å²) in [5, 5.41) is 7.55. The summed E-state index contributed by atoms with van der Waals surface area (Å²) < 4.78 is 1.75. The van der Waals surface area contributed by atoms with Crippen molar-refractivity contribution in [3.8, 4) is 0 Å². The number of amides is 1. The van der Waals surface area contributed by atoms with Crippen molar-refractivity contribution in [1.29, 1.82) is 0 Å². The van der Waals surface area contributed by atoms with Crippen molar-refractivity contribution < 1.29 is 4.79 Å². The van der Waals surface area contributed by atoms with Crippen LogP contribution in [0.15, 0.2) is 6.07 Å². The average Bonchev–Trinajstić information content (AvgIpc) is 2.83. The minimum atomic E-state index is -0.258. The molecule has 1 aromatic rings. The first-order chi connectivity index (χ1) is 9.52. The quantitative estimate of drug-likeness (QED) is 0.882. The molecule has 1 aromatic heterocycles. The van der Waals surface area contributed by atoms with Crippen LogP contribution in [-0.4, -0.2) is 27.8 Å². The van der Waals surface area contributed by atoms with Crippen LogP contribution in [-0.2, 0) is 6.54 Å². The van der Waals surface area contributed by atoms with Crippen molar-refractivity contribution in [3.05, 3.63) is 17.5 Å². The lowest BCUT2D eigenvalue weighted by molar-refractivity contribution is 0.0802. The van der Waals surface area contributed by atoms with E-state index in [1.54, 1.807) is 4.68 Å². The molecule has 2 atom stereocenters. The van der Waals surface area contributed by atoms with Gasteiger partial charge in [0, 0.05) is 13.1 Å². The number of rotatable bonds is 4. The molecule has 5 heteroatoms. The molecular weight excluding hydrogens is 252 g/mol. The van der Waals surface area contributed by atoms with Crippen molar-refractivity contribution in [3.63, 3.8) is 0 Å². The van der Waals surface area contributed by atoms with Crippen molar-refractivity contribution in [2.75, 3.05) is 6.54 Å². The highest BCUT2D eigenvalue weighted by molar-refractivity contribution is 5.93. The Kier molecular flexibility index (Phi) is 4.48. The van der Waals surface area contributed by atoms with Gasteiger partial charge in [0.25, 0.3) is 5.91 Å². The predicted molar refractivity (Wildman–Crippen MR) is 79.5 cm³/mol. The number of carbonyl (C=O) groups is 1. The summed E-state index contributed by atoms with van der Waals surface area (Å²) in [6, 6.07) is 1.84. The Bertz CT molecular complexity index is 482. The standard InChI is InChI=1S/C15H26N4O/c1-4-19-13(9-12(3)18-19)14(20)17-15(10-16)8-6-5-7-11(15)2/h9,11H,4-8,10,16H2,1-3H3,(H,17,20). The lowest BCUT2D eigenvalue weighted by Crippen LogP contribution is -2.59. The van der Waals surface area contributed by atoms with Crippen LogP contribution in [0.1, 0.15) is 55.7 Å². The normalized spacial score (nSPS) is 26.5. The first kappa shape index (κ1) is 15.0. The maximum atomic E-state index is 12.6. The first-order valence-electron chi connectivity index (χ1n) is 7.59. The largest absolute Gasteiger partial charge is 0.344 e. The molecule has 2 rings (SSSR count). The molecule has 1 heterocycles. The highest BCUT2D eigenvalue weighted by Crippen LogP contribution is 2.33. The minimum Gasteiger partial charge on any atom is -0.344 e. The van der Waals surface area contributed by atoms with Crippen LogP contribution >= 0.6 is 0 Å². The molecule has 0 aliphatic heterocycles. The lowest BCUT2D eigenvalue weighted by atomic mass is 9.73. The zero-order valence-corrected chi connectivity index (χ0v) is 12.8. The molecule has 1 aliphatic rings. The van der Waals surface area contributed by atoms with Gasteiger partial charge in [-0.05, 0) is 38.7 Å². The second-order valence-corrected chi connectivity index (χ2v) is 5.95. The SMILES string of the molecule is CCn1nc(C)cc1C(=O)NC1(CN)CCCCC1C. The maximum Gasteiger partial charge on any atom is 0.270 e. The fourth-order valence-electron chi connectivity index (χ4n) is 3.21. The summed E-state index contributed by atoms with van der Waals surface area (Å²) >= 11 is 0. The van der Waals surface area contributed by atoms with E-state index in [2.05, 4.69) is 17.3 Å². The van der Waals surface area contributed by atoms with E-state index in [-0.39, 0.29) is 11.4 Å². The number of hydrogen-bond acceptors (Lipinski definition) is 3. The minimum absolute atomic E-state index is 0.0494. The Hall–Kier alpha value is -1.36. The summed E-state index contributed by atoms with van der Waals surface area (Å²) in [6.45, 7) is 7.28. The molecule has 20 heavy (non-hydrogen) atoms. The van der Waals surface area contributed by atoms with Crippen molar-refractivity contribution in [1.82, 2.24) is 15.1 Å². The van der Waals surface area contributed by atoms with E-state index in [0.717, 1.165) is 25.0 Å². The monoisotopic (exact) mass is 278 g/mol. The molecule has 1 aliphatic carbocycles. The number of hydrogen-bond donors (Lipinski definition) is 2. The van der Waals surface area contributed by atoms with Gasteiger partial charge >= 0.3 is 0 Å². The molecule has 0 bridgehead atoms. The Morgan fingerprint density at radius 2 is 2.35 bits per heavy atom. The van der Waals surface area contributed by atoms with Gasteiger partial charge < -0.3 is 11.1 Å². The molecule has 0 spiro atoms. The third-order valence-corrected chi connectivity index (χ3v) is 4.61. The van der Waals surface area contributed by atoms with E-state index in [1.165, 1.54) is 6.42 Å². The van der Waals surface area contributed by atoms with Crippen LogP contribution in [0.4, 0.5) is 0 Å². The highest BCUT2D eigenvalue weighted by atomic mass is 16.2. The lowest BCUT2D eigenvalue weighted by Gasteiger charge is -2.42. The molecule has 0 aromatic carbocycles. The zero-order valence-electron chi connectivity index (χ0n) is 12.8. The van der Waals surface area contributed by atoms with Crippen molar-refractivity contribution in [2.45, 2.75) is 58.5 Å². The van der Waals surface area contributed by atoms with Gasteiger partial charge in [-0.1, -0.05) is 19.8 Å². The maximum absolute atomic E-state index is 12.6. The van der Waals surface area contributed by atoms with E-state index in [1.807, 2.05) is 19.9 Å². The molecule has 1 amide bonds. The molecular formula is C15H26N4O. The topological polar surface area (TPSA) is 72.9 Å². The number of nitrogens with two attached hydrogens (primary N) is 1. The summed E-state index contributed by atoms with van der Waals surface area (Å²) in [5.41, 5.74) is 7.24. The number of carbonyl (C=O) groups excluding carboxylic acids is 1. The molecule has 1 saturated carbocycles. The summed E-state index contributed by atoms with van der Waals surface area (Å²) in [7, 11) is 0. The Balaban J connectivity index is 2.20. The molecule has 1 fully saturated rings. The highest BCUT2D eigenvalue weighted by Gasteiger charge is 2.38. The van der Waals surface area contributed by atoms with Crippen LogP contribution in [0.5, 0.6) is 0 Å². The smallest absolute Gasteiger partial charge is 0.270 e. The average molecular weight is 278 g/mol. The Morgan fingerprint density at radius 3 is 2.95 bits per heavy atom. The fourth-order valence-corrected chi connectivity index (χ4v) is 3.21. The Labute approximate surface area is 120 Å². The van der Waals surface area contributed by atoms with Crippen LogP contribution < -0.4 is 11.1 Å². The number of aryl methyl sites for hydroxylation is 2. The summed E-state index contributed by atoms with van der Waals surface area (Å²) in [5.74, 6) is 0.371. The van der Waals surface area contributed by atoms with Crippen LogP contribution in [0.25, 0.3) is 0 Å². The number of nitrogens with one attached hydrogen (secondary N) is 1. The van der Waals surface area contributed by atoms with E-state index in [9.17, 15) is 4.79 Å². The van der Waals surface area contributed by atoms with Gasteiger partial charge in [0.2, 0.25) is 0 Å². The Morgan fingerprint density at radius 1 is 1.60 bits per heavy atom. The third kappa shape index (κ3) is 2.73. The molecule has 112 valence electrons. The third-order valence-electron chi connectivity index (χ3n) is 4.61. The van der Waals surface area contributed by atoms with E-state index in [4.69, 9.17) is 5.73 Å². The van der Waals surface area contributed by atoms with Crippen molar-refractivity contribution >= 4 is 5.91 Å². The molecule has 0 saturated heterocycles. The number of nitrogens with zero attached hydrogens (tertiary/aromatic N) is 2.